The summed E-state index contributed by atoms with van der Waals surface area (Å²) in [6.45, 7) is 4.39. The molecule has 2 heterocycles. The largest absolute Gasteiger partial charge is 0.402 e. The SMILES string of the molecule is CC(C)Cc1ccc(C2=N/C(=C/c3csc4ccccc34)C(=O)O2)cc1. The number of fused-ring (bicyclic) bond motifs is 1. The van der Waals surface area contributed by atoms with E-state index in [2.05, 4.69) is 43.1 Å². The molecule has 0 bridgehead atoms. The predicted molar refractivity (Wildman–Crippen MR) is 107 cm³/mol. The molecular weight excluding hydrogens is 342 g/mol. The molecule has 130 valence electrons. The highest BCUT2D eigenvalue weighted by molar-refractivity contribution is 7.17. The molecule has 26 heavy (non-hydrogen) atoms. The number of hydrogen-bond donors (Lipinski definition) is 0. The molecule has 1 aliphatic heterocycles. The lowest BCUT2D eigenvalue weighted by Crippen LogP contribution is -2.05. The van der Waals surface area contributed by atoms with Crippen molar-refractivity contribution in [2.75, 3.05) is 0 Å². The highest BCUT2D eigenvalue weighted by Gasteiger charge is 2.24. The quantitative estimate of drug-likeness (QED) is 0.458. The summed E-state index contributed by atoms with van der Waals surface area (Å²) in [4.78, 5) is 16.7. The molecule has 0 saturated heterocycles. The van der Waals surface area contributed by atoms with Gasteiger partial charge >= 0.3 is 5.97 Å². The number of aliphatic imine (C=N–C) groups is 1. The number of cyclic esters (lactones) is 1. The van der Waals surface area contributed by atoms with Crippen molar-refractivity contribution in [3.63, 3.8) is 0 Å². The van der Waals surface area contributed by atoms with Crippen LogP contribution in [-0.2, 0) is 16.0 Å². The van der Waals surface area contributed by atoms with Crippen molar-refractivity contribution in [3.05, 3.63) is 76.3 Å². The minimum Gasteiger partial charge on any atom is -0.402 e. The van der Waals surface area contributed by atoms with Gasteiger partial charge in [0.2, 0.25) is 5.90 Å². The Labute approximate surface area is 156 Å². The van der Waals surface area contributed by atoms with Gasteiger partial charge in [-0.2, -0.15) is 0 Å². The number of rotatable bonds is 4. The standard InChI is InChI=1S/C22H19NO2S/c1-14(2)11-15-7-9-16(10-8-15)21-23-19(22(24)25-21)12-17-13-26-20-6-4-3-5-18(17)20/h3-10,12-14H,11H2,1-2H3/b19-12+. The highest BCUT2D eigenvalue weighted by atomic mass is 32.1. The number of esters is 1. The third kappa shape index (κ3) is 3.33. The lowest BCUT2D eigenvalue weighted by atomic mass is 10.0. The number of nitrogens with zero attached hydrogens (tertiary/aromatic N) is 1. The topological polar surface area (TPSA) is 38.7 Å². The number of hydrogen-bond acceptors (Lipinski definition) is 4. The Morgan fingerprint density at radius 2 is 1.88 bits per heavy atom. The summed E-state index contributed by atoms with van der Waals surface area (Å²) in [5, 5.41) is 3.17. The summed E-state index contributed by atoms with van der Waals surface area (Å²) in [5.74, 6) is 0.580. The fraction of sp³-hybridized carbons (Fsp3) is 0.182. The van der Waals surface area contributed by atoms with Gasteiger partial charge in [-0.1, -0.05) is 44.2 Å². The Balaban J connectivity index is 1.63. The first-order valence-electron chi connectivity index (χ1n) is 8.68. The van der Waals surface area contributed by atoms with Crippen LogP contribution in [0.1, 0.15) is 30.5 Å². The Morgan fingerprint density at radius 3 is 2.65 bits per heavy atom. The monoisotopic (exact) mass is 361 g/mol. The van der Waals surface area contributed by atoms with Gasteiger partial charge in [-0.25, -0.2) is 9.79 Å². The van der Waals surface area contributed by atoms with Crippen LogP contribution in [0, 0.1) is 5.92 Å². The van der Waals surface area contributed by atoms with E-state index in [1.54, 1.807) is 17.4 Å². The molecule has 0 amide bonds. The molecule has 4 heteroatoms. The summed E-state index contributed by atoms with van der Waals surface area (Å²) in [6, 6.07) is 16.2. The van der Waals surface area contributed by atoms with Crippen LogP contribution in [0.3, 0.4) is 0 Å². The molecule has 0 N–H and O–H groups in total. The van der Waals surface area contributed by atoms with Gasteiger partial charge in [-0.05, 0) is 58.5 Å². The zero-order chi connectivity index (χ0) is 18.1. The Morgan fingerprint density at radius 1 is 1.12 bits per heavy atom. The normalized spacial score (nSPS) is 15.7. The van der Waals surface area contributed by atoms with Gasteiger partial charge in [0.1, 0.15) is 0 Å². The number of carbonyl (C=O) groups excluding carboxylic acids is 1. The van der Waals surface area contributed by atoms with E-state index in [0.29, 0.717) is 17.5 Å². The molecule has 3 aromatic rings. The predicted octanol–water partition coefficient (Wildman–Crippen LogP) is 5.44. The summed E-state index contributed by atoms with van der Waals surface area (Å²) in [6.07, 6.45) is 2.84. The van der Waals surface area contributed by atoms with Crippen LogP contribution in [0.5, 0.6) is 0 Å². The molecule has 0 unspecified atom stereocenters. The number of thiophene rings is 1. The highest BCUT2D eigenvalue weighted by Crippen LogP contribution is 2.29. The lowest BCUT2D eigenvalue weighted by molar-refractivity contribution is -0.129. The van der Waals surface area contributed by atoms with Crippen LogP contribution in [-0.4, -0.2) is 11.9 Å². The molecule has 0 atom stereocenters. The number of ether oxygens (including phenoxy) is 1. The van der Waals surface area contributed by atoms with Crippen LogP contribution in [0.15, 0.2) is 64.6 Å². The Kier molecular flexibility index (Phi) is 4.43. The molecule has 1 aromatic heterocycles. The van der Waals surface area contributed by atoms with Crippen LogP contribution >= 0.6 is 11.3 Å². The van der Waals surface area contributed by atoms with Gasteiger partial charge in [-0.3, -0.25) is 0 Å². The van der Waals surface area contributed by atoms with E-state index in [9.17, 15) is 4.79 Å². The number of carbonyl (C=O) groups is 1. The van der Waals surface area contributed by atoms with Crippen LogP contribution in [0.2, 0.25) is 0 Å². The van der Waals surface area contributed by atoms with Crippen LogP contribution < -0.4 is 0 Å². The molecular formula is C22H19NO2S. The second-order valence-electron chi connectivity index (χ2n) is 6.82. The van der Waals surface area contributed by atoms with E-state index in [0.717, 1.165) is 22.9 Å². The van der Waals surface area contributed by atoms with Crippen molar-refractivity contribution >= 4 is 39.4 Å². The van der Waals surface area contributed by atoms with Crippen LogP contribution in [0.25, 0.3) is 16.2 Å². The summed E-state index contributed by atoms with van der Waals surface area (Å²) in [7, 11) is 0. The first-order chi connectivity index (χ1) is 12.6. The third-order valence-electron chi connectivity index (χ3n) is 4.27. The molecule has 0 spiro atoms. The zero-order valence-electron chi connectivity index (χ0n) is 14.7. The van der Waals surface area contributed by atoms with E-state index in [1.165, 1.54) is 10.3 Å². The Bertz CT molecular complexity index is 1030. The number of benzene rings is 2. The van der Waals surface area contributed by atoms with E-state index in [1.807, 2.05) is 29.6 Å². The zero-order valence-corrected chi connectivity index (χ0v) is 15.5. The van der Waals surface area contributed by atoms with Gasteiger partial charge in [0.15, 0.2) is 5.70 Å². The van der Waals surface area contributed by atoms with Gasteiger partial charge in [0, 0.05) is 10.3 Å². The first-order valence-corrected chi connectivity index (χ1v) is 9.56. The maximum absolute atomic E-state index is 12.2. The Hall–Kier alpha value is -2.72. The van der Waals surface area contributed by atoms with E-state index in [-0.39, 0.29) is 0 Å². The summed E-state index contributed by atoms with van der Waals surface area (Å²) >= 11 is 1.66. The van der Waals surface area contributed by atoms with Gasteiger partial charge < -0.3 is 4.74 Å². The molecule has 4 rings (SSSR count). The average Bonchev–Trinajstić information content (AvgIpc) is 3.20. The third-order valence-corrected chi connectivity index (χ3v) is 5.25. The maximum Gasteiger partial charge on any atom is 0.363 e. The molecule has 3 nitrogen and oxygen atoms in total. The average molecular weight is 361 g/mol. The second-order valence-corrected chi connectivity index (χ2v) is 7.73. The summed E-state index contributed by atoms with van der Waals surface area (Å²) in [5.41, 5.74) is 3.43. The van der Waals surface area contributed by atoms with Gasteiger partial charge in [-0.15, -0.1) is 11.3 Å². The molecule has 0 fully saturated rings. The van der Waals surface area contributed by atoms with Gasteiger partial charge in [0.05, 0.1) is 0 Å². The minimum atomic E-state index is -0.401. The van der Waals surface area contributed by atoms with E-state index >= 15 is 0 Å². The second kappa shape index (κ2) is 6.89. The van der Waals surface area contributed by atoms with Crippen molar-refractivity contribution in [1.82, 2.24) is 0 Å². The van der Waals surface area contributed by atoms with E-state index in [4.69, 9.17) is 4.74 Å². The van der Waals surface area contributed by atoms with Gasteiger partial charge in [0.25, 0.3) is 0 Å². The lowest BCUT2D eigenvalue weighted by Gasteiger charge is -2.05. The van der Waals surface area contributed by atoms with Crippen LogP contribution in [0.4, 0.5) is 0 Å². The van der Waals surface area contributed by atoms with Crippen molar-refractivity contribution < 1.29 is 9.53 Å². The molecule has 0 aliphatic carbocycles. The minimum absolute atomic E-state index is 0.342. The van der Waals surface area contributed by atoms with Crippen molar-refractivity contribution in [2.24, 2.45) is 10.9 Å². The van der Waals surface area contributed by atoms with Crippen molar-refractivity contribution in [2.45, 2.75) is 20.3 Å². The summed E-state index contributed by atoms with van der Waals surface area (Å²) < 4.78 is 6.58. The smallest absolute Gasteiger partial charge is 0.363 e. The molecule has 1 aliphatic rings. The molecule has 2 aromatic carbocycles. The fourth-order valence-corrected chi connectivity index (χ4v) is 3.96. The van der Waals surface area contributed by atoms with E-state index < -0.39 is 5.97 Å². The maximum atomic E-state index is 12.2. The molecule has 0 radical (unpaired) electrons. The van der Waals surface area contributed by atoms with Crippen molar-refractivity contribution in [3.8, 4) is 0 Å². The fourth-order valence-electron chi connectivity index (χ4n) is 3.04. The van der Waals surface area contributed by atoms with Crippen molar-refractivity contribution in [1.29, 1.82) is 0 Å². The molecule has 0 saturated carbocycles. The first kappa shape index (κ1) is 16.7.